The summed E-state index contributed by atoms with van der Waals surface area (Å²) in [6, 6.07) is 5.44. The van der Waals surface area contributed by atoms with Gasteiger partial charge in [0, 0.05) is 11.6 Å². The molecule has 0 saturated heterocycles. The van der Waals surface area contributed by atoms with Crippen molar-refractivity contribution in [3.63, 3.8) is 0 Å². The van der Waals surface area contributed by atoms with Crippen LogP contribution in [0.3, 0.4) is 0 Å². The Labute approximate surface area is 101 Å². The fourth-order valence-electron chi connectivity index (χ4n) is 1.59. The van der Waals surface area contributed by atoms with E-state index >= 15 is 0 Å². The molecule has 1 heterocycles. The lowest BCUT2D eigenvalue weighted by molar-refractivity contribution is 0.0938. The molecule has 0 aliphatic carbocycles. The van der Waals surface area contributed by atoms with Crippen LogP contribution in [-0.2, 0) is 0 Å². The number of carbonyl (C=O) groups excluding carboxylic acids is 1. The minimum absolute atomic E-state index is 0.0728. The summed E-state index contributed by atoms with van der Waals surface area (Å²) in [6.45, 7) is 5.11. The molecule has 0 saturated carbocycles. The van der Waals surface area contributed by atoms with E-state index in [0.717, 1.165) is 6.42 Å². The smallest absolute Gasteiger partial charge is 0.251 e. The summed E-state index contributed by atoms with van der Waals surface area (Å²) >= 11 is 0. The second-order valence-electron chi connectivity index (χ2n) is 4.14. The highest BCUT2D eigenvalue weighted by Crippen LogP contribution is 2.30. The zero-order valence-electron chi connectivity index (χ0n) is 10.2. The lowest BCUT2D eigenvalue weighted by Gasteiger charge is -2.19. The van der Waals surface area contributed by atoms with Crippen LogP contribution in [0.15, 0.2) is 18.2 Å². The monoisotopic (exact) mass is 235 g/mol. The molecule has 0 fully saturated rings. The van der Waals surface area contributed by atoms with E-state index in [0.29, 0.717) is 30.3 Å². The Balaban J connectivity index is 2.13. The van der Waals surface area contributed by atoms with E-state index in [4.69, 9.17) is 9.47 Å². The maximum Gasteiger partial charge on any atom is 0.251 e. The van der Waals surface area contributed by atoms with Gasteiger partial charge in [-0.05, 0) is 31.5 Å². The van der Waals surface area contributed by atoms with Crippen LogP contribution in [0.1, 0.15) is 30.6 Å². The topological polar surface area (TPSA) is 47.6 Å². The summed E-state index contributed by atoms with van der Waals surface area (Å²) in [6.07, 6.45) is 0.913. The normalized spacial score (nSPS) is 15.2. The fraction of sp³-hybridized carbons (Fsp3) is 0.462. The lowest BCUT2D eigenvalue weighted by atomic mass is 10.1. The van der Waals surface area contributed by atoms with Gasteiger partial charge in [0.1, 0.15) is 13.2 Å². The molecule has 4 nitrogen and oxygen atoms in total. The van der Waals surface area contributed by atoms with Gasteiger partial charge in [-0.15, -0.1) is 0 Å². The van der Waals surface area contributed by atoms with Crippen LogP contribution < -0.4 is 14.8 Å². The van der Waals surface area contributed by atoms with E-state index in [1.54, 1.807) is 18.2 Å². The van der Waals surface area contributed by atoms with Gasteiger partial charge >= 0.3 is 0 Å². The molecule has 0 aromatic heterocycles. The van der Waals surface area contributed by atoms with Crippen molar-refractivity contribution in [2.24, 2.45) is 0 Å². The molecule has 0 bridgehead atoms. The number of fused-ring (bicyclic) bond motifs is 1. The maximum absolute atomic E-state index is 11.9. The van der Waals surface area contributed by atoms with Gasteiger partial charge in [-0.2, -0.15) is 0 Å². The number of carbonyl (C=O) groups is 1. The molecule has 1 aliphatic rings. The van der Waals surface area contributed by atoms with Gasteiger partial charge in [-0.3, -0.25) is 4.79 Å². The Morgan fingerprint density at radius 3 is 2.76 bits per heavy atom. The van der Waals surface area contributed by atoms with Gasteiger partial charge in [0.2, 0.25) is 0 Å². The van der Waals surface area contributed by atoms with Gasteiger partial charge in [0.05, 0.1) is 0 Å². The molecule has 0 unspecified atom stereocenters. The molecule has 1 aromatic rings. The minimum atomic E-state index is -0.0728. The third kappa shape index (κ3) is 2.70. The molecule has 17 heavy (non-hydrogen) atoms. The van der Waals surface area contributed by atoms with E-state index < -0.39 is 0 Å². The van der Waals surface area contributed by atoms with Gasteiger partial charge in [0.25, 0.3) is 5.91 Å². The lowest BCUT2D eigenvalue weighted by Crippen LogP contribution is -2.32. The first kappa shape index (κ1) is 11.8. The fourth-order valence-corrected chi connectivity index (χ4v) is 1.59. The second-order valence-corrected chi connectivity index (χ2v) is 4.14. The largest absolute Gasteiger partial charge is 0.486 e. The van der Waals surface area contributed by atoms with E-state index in [1.807, 2.05) is 13.8 Å². The predicted molar refractivity (Wildman–Crippen MR) is 64.7 cm³/mol. The first-order chi connectivity index (χ1) is 8.20. The van der Waals surface area contributed by atoms with E-state index in [1.165, 1.54) is 0 Å². The average molecular weight is 235 g/mol. The zero-order chi connectivity index (χ0) is 12.3. The van der Waals surface area contributed by atoms with Crippen LogP contribution in [0, 0.1) is 0 Å². The number of amides is 1. The standard InChI is InChI=1S/C13H17NO3/c1-3-9(2)14-13(15)10-4-5-11-12(8-10)17-7-6-16-11/h4-5,8-9H,3,6-7H2,1-2H3,(H,14,15)/t9-/m1/s1. The number of nitrogens with one attached hydrogen (secondary N) is 1. The van der Waals surface area contributed by atoms with E-state index in [2.05, 4.69) is 5.32 Å². The molecular weight excluding hydrogens is 218 g/mol. The Kier molecular flexibility index (Phi) is 3.52. The van der Waals surface area contributed by atoms with Crippen molar-refractivity contribution in [2.45, 2.75) is 26.3 Å². The van der Waals surface area contributed by atoms with Crippen molar-refractivity contribution in [1.29, 1.82) is 0 Å². The summed E-state index contributed by atoms with van der Waals surface area (Å²) < 4.78 is 10.8. The minimum Gasteiger partial charge on any atom is -0.486 e. The van der Waals surface area contributed by atoms with E-state index in [9.17, 15) is 4.79 Å². The second kappa shape index (κ2) is 5.08. The number of benzene rings is 1. The first-order valence-electron chi connectivity index (χ1n) is 5.91. The van der Waals surface area contributed by atoms with Crippen molar-refractivity contribution in [3.8, 4) is 11.5 Å². The molecule has 1 aliphatic heterocycles. The molecule has 0 radical (unpaired) electrons. The van der Waals surface area contributed by atoms with Crippen LogP contribution in [0.4, 0.5) is 0 Å². The van der Waals surface area contributed by atoms with Gasteiger partial charge in [-0.25, -0.2) is 0 Å². The Morgan fingerprint density at radius 1 is 1.35 bits per heavy atom. The van der Waals surface area contributed by atoms with Crippen molar-refractivity contribution >= 4 is 5.91 Å². The molecule has 4 heteroatoms. The van der Waals surface area contributed by atoms with Gasteiger partial charge in [0.15, 0.2) is 11.5 Å². The highest BCUT2D eigenvalue weighted by Gasteiger charge is 2.15. The zero-order valence-corrected chi connectivity index (χ0v) is 10.2. The van der Waals surface area contributed by atoms with Crippen LogP contribution in [0.25, 0.3) is 0 Å². The Hall–Kier alpha value is -1.71. The number of ether oxygens (including phenoxy) is 2. The highest BCUT2D eigenvalue weighted by atomic mass is 16.6. The van der Waals surface area contributed by atoms with Gasteiger partial charge in [-0.1, -0.05) is 6.92 Å². The first-order valence-corrected chi connectivity index (χ1v) is 5.91. The van der Waals surface area contributed by atoms with E-state index in [-0.39, 0.29) is 11.9 Å². The predicted octanol–water partition coefficient (Wildman–Crippen LogP) is 1.99. The number of rotatable bonds is 3. The van der Waals surface area contributed by atoms with Gasteiger partial charge < -0.3 is 14.8 Å². The summed E-state index contributed by atoms with van der Waals surface area (Å²) in [5, 5.41) is 2.92. The van der Waals surface area contributed by atoms with Crippen LogP contribution in [0.5, 0.6) is 11.5 Å². The Bertz CT molecular complexity index is 417. The summed E-state index contributed by atoms with van der Waals surface area (Å²) in [5.74, 6) is 1.28. The molecule has 1 N–H and O–H groups in total. The maximum atomic E-state index is 11.9. The quantitative estimate of drug-likeness (QED) is 0.871. The van der Waals surface area contributed by atoms with Crippen LogP contribution in [-0.4, -0.2) is 25.2 Å². The number of hydrogen-bond acceptors (Lipinski definition) is 3. The summed E-state index contributed by atoms with van der Waals surface area (Å²) in [7, 11) is 0. The average Bonchev–Trinajstić information content (AvgIpc) is 2.38. The third-order valence-corrected chi connectivity index (χ3v) is 2.79. The highest BCUT2D eigenvalue weighted by molar-refractivity contribution is 5.95. The molecular formula is C13H17NO3. The van der Waals surface area contributed by atoms with Crippen molar-refractivity contribution in [3.05, 3.63) is 23.8 Å². The third-order valence-electron chi connectivity index (χ3n) is 2.79. The van der Waals surface area contributed by atoms with Crippen molar-refractivity contribution < 1.29 is 14.3 Å². The number of hydrogen-bond donors (Lipinski definition) is 1. The van der Waals surface area contributed by atoms with Crippen LogP contribution >= 0.6 is 0 Å². The van der Waals surface area contributed by atoms with Crippen molar-refractivity contribution in [2.75, 3.05) is 13.2 Å². The summed E-state index contributed by atoms with van der Waals surface area (Å²) in [4.78, 5) is 11.9. The van der Waals surface area contributed by atoms with Crippen LogP contribution in [0.2, 0.25) is 0 Å². The molecule has 2 rings (SSSR count). The molecule has 1 aromatic carbocycles. The molecule has 1 atom stereocenters. The molecule has 0 spiro atoms. The molecule has 92 valence electrons. The Morgan fingerprint density at radius 2 is 2.06 bits per heavy atom. The summed E-state index contributed by atoms with van der Waals surface area (Å²) in [5.41, 5.74) is 0.606. The SMILES string of the molecule is CC[C@@H](C)NC(=O)c1ccc2c(c1)OCCO2. The molecule has 1 amide bonds. The van der Waals surface area contributed by atoms with Crippen molar-refractivity contribution in [1.82, 2.24) is 5.32 Å².